The minimum atomic E-state index is -4.46. The second-order valence-electron chi connectivity index (χ2n) is 6.73. The van der Waals surface area contributed by atoms with Crippen LogP contribution >= 0.6 is 11.3 Å². The van der Waals surface area contributed by atoms with Crippen molar-refractivity contribution in [2.24, 2.45) is 0 Å². The van der Waals surface area contributed by atoms with Crippen LogP contribution in [0.4, 0.5) is 24.8 Å². The molecule has 0 saturated carbocycles. The van der Waals surface area contributed by atoms with Gasteiger partial charge in [-0.2, -0.15) is 18.3 Å². The second-order valence-corrected chi connectivity index (χ2v) is 7.62. The van der Waals surface area contributed by atoms with E-state index in [1.54, 1.807) is 17.5 Å². The number of nitrogens with one attached hydrogen (secondary N) is 1. The van der Waals surface area contributed by atoms with Crippen LogP contribution in [0.5, 0.6) is 0 Å². The lowest BCUT2D eigenvalue weighted by Gasteiger charge is -2.14. The fourth-order valence-electron chi connectivity index (χ4n) is 3.50. The van der Waals surface area contributed by atoms with E-state index in [1.807, 2.05) is 24.0 Å². The summed E-state index contributed by atoms with van der Waals surface area (Å²) in [5, 5.41) is 7.51. The Hall–Kier alpha value is -2.49. The number of anilines is 2. The van der Waals surface area contributed by atoms with Crippen molar-refractivity contribution < 1.29 is 13.2 Å². The number of fused-ring (bicyclic) bond motifs is 1. The Balaban J connectivity index is 1.60. The lowest BCUT2D eigenvalue weighted by atomic mass is 10.1. The number of rotatable bonds is 5. The molecule has 3 heterocycles. The Morgan fingerprint density at radius 3 is 2.86 bits per heavy atom. The summed E-state index contributed by atoms with van der Waals surface area (Å²) in [6.07, 6.45) is 0.715. The molecule has 3 aromatic heterocycles. The van der Waals surface area contributed by atoms with Gasteiger partial charge in [-0.1, -0.05) is 13.3 Å². The van der Waals surface area contributed by atoms with Crippen LogP contribution in [0, 0.1) is 6.92 Å². The molecule has 0 spiro atoms. The zero-order chi connectivity index (χ0) is 19.9. The van der Waals surface area contributed by atoms with Gasteiger partial charge >= 0.3 is 6.18 Å². The molecular weight excluding hydrogens is 389 g/mol. The van der Waals surface area contributed by atoms with E-state index >= 15 is 0 Å². The van der Waals surface area contributed by atoms with E-state index in [2.05, 4.69) is 25.4 Å². The number of hydrogen-bond acceptors (Lipinski definition) is 6. The van der Waals surface area contributed by atoms with Crippen LogP contribution < -0.4 is 5.32 Å². The van der Waals surface area contributed by atoms with Gasteiger partial charge in [0.1, 0.15) is 0 Å². The van der Waals surface area contributed by atoms with Crippen molar-refractivity contribution in [2.75, 3.05) is 5.32 Å². The average Bonchev–Trinajstić information content (AvgIpc) is 3.32. The summed E-state index contributed by atoms with van der Waals surface area (Å²) in [5.74, 6) is 0.143. The standard InChI is InChI=1S/C18H19F3N6S/c1-3-4-12-11(18(19,20)21)7-22-17(25-12)26-14-8-24-27(10(14)2)15-6-5-13-16(15)28-9-23-13/h7-9,15H,3-6H2,1-2H3,(H,22,25,26). The van der Waals surface area contributed by atoms with Gasteiger partial charge in [-0.3, -0.25) is 4.68 Å². The predicted octanol–water partition coefficient (Wildman–Crippen LogP) is 4.69. The monoisotopic (exact) mass is 408 g/mol. The second kappa shape index (κ2) is 7.16. The highest BCUT2D eigenvalue weighted by Crippen LogP contribution is 2.38. The molecule has 0 aromatic carbocycles. The molecule has 0 amide bonds. The van der Waals surface area contributed by atoms with Crippen molar-refractivity contribution in [3.05, 3.63) is 45.4 Å². The molecule has 148 valence electrons. The lowest BCUT2D eigenvalue weighted by Crippen LogP contribution is -2.13. The van der Waals surface area contributed by atoms with E-state index in [4.69, 9.17) is 0 Å². The highest BCUT2D eigenvalue weighted by molar-refractivity contribution is 7.09. The zero-order valence-electron chi connectivity index (χ0n) is 15.4. The average molecular weight is 408 g/mol. The Labute approximate surface area is 163 Å². The summed E-state index contributed by atoms with van der Waals surface area (Å²) in [4.78, 5) is 13.6. The molecule has 1 N–H and O–H groups in total. The van der Waals surface area contributed by atoms with E-state index in [0.717, 1.165) is 30.4 Å². The normalized spacial score (nSPS) is 16.4. The van der Waals surface area contributed by atoms with Gasteiger partial charge in [0, 0.05) is 6.20 Å². The molecule has 28 heavy (non-hydrogen) atoms. The molecule has 0 radical (unpaired) electrons. The number of alkyl halides is 3. The van der Waals surface area contributed by atoms with E-state index in [-0.39, 0.29) is 24.1 Å². The number of thiazole rings is 1. The number of halogens is 3. The first-order chi connectivity index (χ1) is 13.4. The Morgan fingerprint density at radius 1 is 1.29 bits per heavy atom. The van der Waals surface area contributed by atoms with Crippen LogP contribution in [-0.4, -0.2) is 24.7 Å². The van der Waals surface area contributed by atoms with Crippen molar-refractivity contribution >= 4 is 23.0 Å². The minimum Gasteiger partial charge on any atom is -0.321 e. The molecule has 1 aliphatic rings. The third-order valence-electron chi connectivity index (χ3n) is 4.88. The predicted molar refractivity (Wildman–Crippen MR) is 99.8 cm³/mol. The number of hydrogen-bond donors (Lipinski definition) is 1. The van der Waals surface area contributed by atoms with Crippen molar-refractivity contribution in [3.63, 3.8) is 0 Å². The zero-order valence-corrected chi connectivity index (χ0v) is 16.2. The lowest BCUT2D eigenvalue weighted by molar-refractivity contribution is -0.138. The first kappa shape index (κ1) is 18.9. The molecule has 6 nitrogen and oxygen atoms in total. The van der Waals surface area contributed by atoms with Crippen molar-refractivity contribution in [2.45, 2.75) is 51.7 Å². The highest BCUT2D eigenvalue weighted by Gasteiger charge is 2.35. The van der Waals surface area contributed by atoms with Gasteiger partial charge in [0.05, 0.1) is 51.0 Å². The molecule has 3 aromatic rings. The molecule has 0 bridgehead atoms. The molecule has 4 rings (SSSR count). The Morgan fingerprint density at radius 2 is 2.11 bits per heavy atom. The van der Waals surface area contributed by atoms with E-state index in [0.29, 0.717) is 12.1 Å². The van der Waals surface area contributed by atoms with Gasteiger partial charge < -0.3 is 5.32 Å². The maximum atomic E-state index is 13.1. The topological polar surface area (TPSA) is 68.5 Å². The summed E-state index contributed by atoms with van der Waals surface area (Å²) < 4.78 is 41.4. The highest BCUT2D eigenvalue weighted by atomic mass is 32.1. The number of aromatic nitrogens is 5. The molecule has 1 unspecified atom stereocenters. The fraction of sp³-hybridized carbons (Fsp3) is 0.444. The Kier molecular flexibility index (Phi) is 4.82. The van der Waals surface area contributed by atoms with Crippen molar-refractivity contribution in [1.82, 2.24) is 24.7 Å². The SMILES string of the molecule is CCCc1nc(Nc2cnn(C3CCc4ncsc43)c2C)ncc1C(F)(F)F. The van der Waals surface area contributed by atoms with Gasteiger partial charge in [0.2, 0.25) is 5.95 Å². The molecule has 0 aliphatic heterocycles. The minimum absolute atomic E-state index is 0.00244. The Bertz CT molecular complexity index is 994. The molecule has 0 saturated heterocycles. The van der Waals surface area contributed by atoms with Crippen LogP contribution in [0.3, 0.4) is 0 Å². The molecule has 10 heteroatoms. The van der Waals surface area contributed by atoms with Gasteiger partial charge in [-0.15, -0.1) is 11.3 Å². The summed E-state index contributed by atoms with van der Waals surface area (Å²) >= 11 is 1.62. The van der Waals surface area contributed by atoms with Crippen molar-refractivity contribution in [3.8, 4) is 0 Å². The first-order valence-electron chi connectivity index (χ1n) is 9.05. The molecule has 0 fully saturated rings. The maximum absolute atomic E-state index is 13.1. The quantitative estimate of drug-likeness (QED) is 0.663. The summed E-state index contributed by atoms with van der Waals surface area (Å²) in [5.41, 5.74) is 3.75. The van der Waals surface area contributed by atoms with Crippen LogP contribution in [0.2, 0.25) is 0 Å². The summed E-state index contributed by atoms with van der Waals surface area (Å²) in [6.45, 7) is 3.74. The van der Waals surface area contributed by atoms with Crippen LogP contribution in [0.1, 0.15) is 53.3 Å². The molecule has 1 atom stereocenters. The molecular formula is C18H19F3N6S. The van der Waals surface area contributed by atoms with E-state index < -0.39 is 11.7 Å². The largest absolute Gasteiger partial charge is 0.419 e. The third kappa shape index (κ3) is 3.36. The first-order valence-corrected chi connectivity index (χ1v) is 9.93. The third-order valence-corrected chi connectivity index (χ3v) is 5.85. The van der Waals surface area contributed by atoms with Crippen LogP contribution in [0.15, 0.2) is 17.9 Å². The van der Waals surface area contributed by atoms with Crippen LogP contribution in [0.25, 0.3) is 0 Å². The number of aryl methyl sites for hydroxylation is 2. The number of nitrogens with zero attached hydrogens (tertiary/aromatic N) is 5. The van der Waals surface area contributed by atoms with Gasteiger partial charge in [-0.25, -0.2) is 15.0 Å². The van der Waals surface area contributed by atoms with Crippen molar-refractivity contribution in [1.29, 1.82) is 0 Å². The molecule has 1 aliphatic carbocycles. The van der Waals surface area contributed by atoms with E-state index in [1.165, 1.54) is 4.88 Å². The summed E-state index contributed by atoms with van der Waals surface area (Å²) in [7, 11) is 0. The van der Waals surface area contributed by atoms with E-state index in [9.17, 15) is 13.2 Å². The smallest absolute Gasteiger partial charge is 0.321 e. The summed E-state index contributed by atoms with van der Waals surface area (Å²) in [6, 6.07) is 0.141. The van der Waals surface area contributed by atoms with Gasteiger partial charge in [0.25, 0.3) is 0 Å². The van der Waals surface area contributed by atoms with Crippen LogP contribution in [-0.2, 0) is 19.0 Å². The maximum Gasteiger partial charge on any atom is 0.419 e. The van der Waals surface area contributed by atoms with Gasteiger partial charge in [0.15, 0.2) is 0 Å². The fourth-order valence-corrected chi connectivity index (χ4v) is 4.46. The van der Waals surface area contributed by atoms with Gasteiger partial charge in [-0.05, 0) is 26.2 Å².